The van der Waals surface area contributed by atoms with Crippen LogP contribution in [0.5, 0.6) is 0 Å². The Kier molecular flexibility index (Phi) is 4.89. The lowest BCUT2D eigenvalue weighted by Crippen LogP contribution is -2.32. The molecule has 2 rings (SSSR count). The normalized spacial score (nSPS) is 12.6. The summed E-state index contributed by atoms with van der Waals surface area (Å²) < 4.78 is 1.82. The lowest BCUT2D eigenvalue weighted by molar-refractivity contribution is -0.123. The molecule has 0 aliphatic rings. The molecule has 0 fully saturated rings. The number of alkyl halides is 1. The van der Waals surface area contributed by atoms with Crippen molar-refractivity contribution in [1.82, 2.24) is 14.9 Å². The number of carbonyl (C=O) groups is 1. The van der Waals surface area contributed by atoms with Crippen molar-refractivity contribution >= 4 is 40.1 Å². The lowest BCUT2D eigenvalue weighted by Gasteiger charge is -2.17. The zero-order valence-corrected chi connectivity index (χ0v) is 13.0. The van der Waals surface area contributed by atoms with E-state index in [4.69, 9.17) is 23.2 Å². The van der Waals surface area contributed by atoms with Gasteiger partial charge in [0, 0.05) is 6.54 Å². The van der Waals surface area contributed by atoms with E-state index in [9.17, 15) is 4.79 Å². The van der Waals surface area contributed by atoms with E-state index in [2.05, 4.69) is 10.3 Å². The number of amides is 1. The first-order valence-electron chi connectivity index (χ1n) is 6.59. The highest BCUT2D eigenvalue weighted by Gasteiger charge is 2.22. The van der Waals surface area contributed by atoms with Crippen LogP contribution in [0.3, 0.4) is 0 Å². The number of nitrogens with zero attached hydrogens (tertiary/aromatic N) is 2. The molecular formula is C14H17Cl2N3O. The molecule has 0 aliphatic heterocycles. The van der Waals surface area contributed by atoms with Crippen LogP contribution < -0.4 is 5.32 Å². The van der Waals surface area contributed by atoms with Crippen LogP contribution in [0.2, 0.25) is 5.02 Å². The van der Waals surface area contributed by atoms with Crippen molar-refractivity contribution in [3.8, 4) is 0 Å². The molecule has 1 unspecified atom stereocenters. The Hall–Kier alpha value is -1.26. The topological polar surface area (TPSA) is 46.9 Å². The maximum Gasteiger partial charge on any atom is 0.242 e. The molecule has 1 aromatic heterocycles. The average Bonchev–Trinajstić information content (AvgIpc) is 2.83. The first kappa shape index (κ1) is 15.1. The minimum Gasteiger partial charge on any atom is -0.354 e. The standard InChI is InChI=1S/C14H17Cl2N3O/c1-3-7-17-14(20)9(2)19-12(8-15)18-11-6-4-5-10(16)13(11)19/h4-6,9H,3,7-8H2,1-2H3,(H,17,20). The largest absolute Gasteiger partial charge is 0.354 e. The fourth-order valence-electron chi connectivity index (χ4n) is 2.18. The third kappa shape index (κ3) is 2.76. The van der Waals surface area contributed by atoms with Crippen LogP contribution in [0.15, 0.2) is 18.2 Å². The van der Waals surface area contributed by atoms with Crippen LogP contribution in [0.25, 0.3) is 11.0 Å². The second-order valence-electron chi connectivity index (χ2n) is 4.61. The molecule has 0 saturated carbocycles. The third-order valence-corrected chi connectivity index (χ3v) is 3.71. The van der Waals surface area contributed by atoms with Crippen molar-refractivity contribution in [3.05, 3.63) is 29.0 Å². The van der Waals surface area contributed by atoms with Crippen molar-refractivity contribution < 1.29 is 4.79 Å². The Morgan fingerprint density at radius 3 is 2.90 bits per heavy atom. The van der Waals surface area contributed by atoms with Crippen LogP contribution in [0.4, 0.5) is 0 Å². The van der Waals surface area contributed by atoms with Gasteiger partial charge in [-0.25, -0.2) is 4.98 Å². The molecule has 0 aliphatic carbocycles. The van der Waals surface area contributed by atoms with Gasteiger partial charge in [-0.15, -0.1) is 11.6 Å². The molecule has 1 N–H and O–H groups in total. The van der Waals surface area contributed by atoms with Crippen LogP contribution in [0.1, 0.15) is 32.1 Å². The summed E-state index contributed by atoms with van der Waals surface area (Å²) in [6, 6.07) is 5.09. The number of halogens is 2. The van der Waals surface area contributed by atoms with Gasteiger partial charge in [0.25, 0.3) is 0 Å². The Morgan fingerprint density at radius 1 is 1.50 bits per heavy atom. The van der Waals surface area contributed by atoms with E-state index in [1.54, 1.807) is 6.07 Å². The number of benzene rings is 1. The minimum absolute atomic E-state index is 0.0579. The molecular weight excluding hydrogens is 297 g/mol. The van der Waals surface area contributed by atoms with Crippen molar-refractivity contribution in [3.63, 3.8) is 0 Å². The second-order valence-corrected chi connectivity index (χ2v) is 5.28. The van der Waals surface area contributed by atoms with Crippen molar-refractivity contribution in [2.45, 2.75) is 32.2 Å². The van der Waals surface area contributed by atoms with Gasteiger partial charge in [-0.1, -0.05) is 24.6 Å². The maximum absolute atomic E-state index is 12.2. The summed E-state index contributed by atoms with van der Waals surface area (Å²) in [5.74, 6) is 0.822. The first-order chi connectivity index (χ1) is 9.60. The predicted octanol–water partition coefficient (Wildman–Crippen LogP) is 3.52. The fraction of sp³-hybridized carbons (Fsp3) is 0.429. The summed E-state index contributed by atoms with van der Waals surface area (Å²) in [6.45, 7) is 4.49. The Balaban J connectivity index is 2.48. The highest BCUT2D eigenvalue weighted by Crippen LogP contribution is 2.28. The summed E-state index contributed by atoms with van der Waals surface area (Å²) in [6.07, 6.45) is 0.895. The van der Waals surface area contributed by atoms with E-state index in [0.717, 1.165) is 17.5 Å². The molecule has 0 saturated heterocycles. The van der Waals surface area contributed by atoms with Gasteiger partial charge in [0.05, 0.1) is 21.9 Å². The summed E-state index contributed by atoms with van der Waals surface area (Å²) in [4.78, 5) is 16.6. The fourth-order valence-corrected chi connectivity index (χ4v) is 2.63. The number of hydrogen-bond acceptors (Lipinski definition) is 2. The molecule has 4 nitrogen and oxygen atoms in total. The van der Waals surface area contributed by atoms with Crippen LogP contribution in [-0.4, -0.2) is 22.0 Å². The number of nitrogens with one attached hydrogen (secondary N) is 1. The summed E-state index contributed by atoms with van der Waals surface area (Å²) in [5.41, 5.74) is 1.51. The molecule has 20 heavy (non-hydrogen) atoms. The lowest BCUT2D eigenvalue weighted by atomic mass is 10.2. The monoisotopic (exact) mass is 313 g/mol. The second kappa shape index (κ2) is 6.46. The summed E-state index contributed by atoms with van der Waals surface area (Å²) in [5, 5.41) is 3.45. The number of aromatic nitrogens is 2. The van der Waals surface area contributed by atoms with E-state index < -0.39 is 6.04 Å². The molecule has 0 bridgehead atoms. The molecule has 1 heterocycles. The Morgan fingerprint density at radius 2 is 2.25 bits per heavy atom. The van der Waals surface area contributed by atoms with Gasteiger partial charge < -0.3 is 9.88 Å². The molecule has 1 amide bonds. The smallest absolute Gasteiger partial charge is 0.242 e. The Bertz CT molecular complexity index is 624. The highest BCUT2D eigenvalue weighted by molar-refractivity contribution is 6.35. The van der Waals surface area contributed by atoms with Gasteiger partial charge in [0.15, 0.2) is 0 Å². The van der Waals surface area contributed by atoms with Gasteiger partial charge in [0.2, 0.25) is 5.91 Å². The zero-order chi connectivity index (χ0) is 14.7. The maximum atomic E-state index is 12.2. The minimum atomic E-state index is -0.403. The van der Waals surface area contributed by atoms with Gasteiger partial charge >= 0.3 is 0 Å². The van der Waals surface area contributed by atoms with E-state index in [0.29, 0.717) is 17.4 Å². The Labute approximate surface area is 128 Å². The first-order valence-corrected chi connectivity index (χ1v) is 7.50. The van der Waals surface area contributed by atoms with Gasteiger partial charge in [0.1, 0.15) is 11.9 Å². The number of carbonyl (C=O) groups excluding carboxylic acids is 1. The van der Waals surface area contributed by atoms with Gasteiger partial charge in [-0.05, 0) is 25.5 Å². The highest BCUT2D eigenvalue weighted by atomic mass is 35.5. The van der Waals surface area contributed by atoms with E-state index >= 15 is 0 Å². The number of fused-ring (bicyclic) bond motifs is 1. The quantitative estimate of drug-likeness (QED) is 0.859. The predicted molar refractivity (Wildman–Crippen MR) is 82.3 cm³/mol. The zero-order valence-electron chi connectivity index (χ0n) is 11.5. The molecule has 1 aromatic carbocycles. The number of hydrogen-bond donors (Lipinski definition) is 1. The number of para-hydroxylation sites is 1. The van der Waals surface area contributed by atoms with Gasteiger partial charge in [-0.3, -0.25) is 4.79 Å². The molecule has 6 heteroatoms. The van der Waals surface area contributed by atoms with E-state index in [-0.39, 0.29) is 11.8 Å². The summed E-state index contributed by atoms with van der Waals surface area (Å²) in [7, 11) is 0. The van der Waals surface area contributed by atoms with E-state index in [1.807, 2.05) is 30.5 Å². The van der Waals surface area contributed by atoms with Crippen molar-refractivity contribution in [2.24, 2.45) is 0 Å². The van der Waals surface area contributed by atoms with Crippen LogP contribution in [0, 0.1) is 0 Å². The molecule has 0 radical (unpaired) electrons. The number of imidazole rings is 1. The SMILES string of the molecule is CCCNC(=O)C(C)n1c(CCl)nc2cccc(Cl)c21. The van der Waals surface area contributed by atoms with Gasteiger partial charge in [-0.2, -0.15) is 0 Å². The third-order valence-electron chi connectivity index (χ3n) is 3.17. The van der Waals surface area contributed by atoms with Crippen molar-refractivity contribution in [1.29, 1.82) is 0 Å². The molecule has 108 valence electrons. The summed E-state index contributed by atoms with van der Waals surface area (Å²) >= 11 is 12.2. The number of rotatable bonds is 5. The van der Waals surface area contributed by atoms with E-state index in [1.165, 1.54) is 0 Å². The van der Waals surface area contributed by atoms with Crippen LogP contribution in [-0.2, 0) is 10.7 Å². The van der Waals surface area contributed by atoms with Crippen molar-refractivity contribution in [2.75, 3.05) is 6.54 Å². The molecule has 0 spiro atoms. The molecule has 2 aromatic rings. The molecule has 1 atom stereocenters. The average molecular weight is 314 g/mol. The van der Waals surface area contributed by atoms with Crippen LogP contribution >= 0.6 is 23.2 Å².